The fourth-order valence-corrected chi connectivity index (χ4v) is 3.25. The van der Waals surface area contributed by atoms with Crippen molar-refractivity contribution in [3.05, 3.63) is 59.9 Å². The lowest BCUT2D eigenvalue weighted by Gasteiger charge is -2.30. The van der Waals surface area contributed by atoms with Crippen molar-refractivity contribution in [2.45, 2.75) is 18.9 Å². The molecular weight excluding hydrogens is 363 g/mol. The van der Waals surface area contributed by atoms with Gasteiger partial charge in [-0.05, 0) is 80.4 Å². The van der Waals surface area contributed by atoms with Crippen molar-refractivity contribution in [1.82, 2.24) is 10.6 Å². The highest BCUT2D eigenvalue weighted by Gasteiger charge is 2.31. The second-order valence-corrected chi connectivity index (χ2v) is 6.79. The van der Waals surface area contributed by atoms with Crippen LogP contribution in [0.3, 0.4) is 0 Å². The summed E-state index contributed by atoms with van der Waals surface area (Å²) in [5, 5.41) is 15.4. The molecule has 1 heterocycles. The Bertz CT molecular complexity index is 802. The summed E-state index contributed by atoms with van der Waals surface area (Å²) in [4.78, 5) is 25.4. The van der Waals surface area contributed by atoms with Gasteiger partial charge in [-0.1, -0.05) is 0 Å². The SMILES string of the molecule is O=C(NC(C(=O)COc1ccc(F)cc1)C1CCNCC1)c1ccc(O)cc1. The molecule has 6 nitrogen and oxygen atoms in total. The zero-order valence-electron chi connectivity index (χ0n) is 15.4. The van der Waals surface area contributed by atoms with Crippen molar-refractivity contribution < 1.29 is 23.8 Å². The number of carbonyl (C=O) groups excluding carboxylic acids is 2. The molecule has 1 aliphatic rings. The largest absolute Gasteiger partial charge is 0.508 e. The number of piperidine rings is 1. The van der Waals surface area contributed by atoms with Gasteiger partial charge >= 0.3 is 0 Å². The molecule has 1 aliphatic heterocycles. The first kappa shape index (κ1) is 19.8. The number of nitrogens with one attached hydrogen (secondary N) is 2. The molecule has 0 bridgehead atoms. The van der Waals surface area contributed by atoms with E-state index < -0.39 is 6.04 Å². The summed E-state index contributed by atoms with van der Waals surface area (Å²) in [7, 11) is 0. The topological polar surface area (TPSA) is 87.7 Å². The lowest BCUT2D eigenvalue weighted by atomic mass is 9.87. The van der Waals surface area contributed by atoms with Gasteiger partial charge in [0.2, 0.25) is 0 Å². The number of hydrogen-bond acceptors (Lipinski definition) is 5. The fraction of sp³-hybridized carbons (Fsp3) is 0.333. The fourth-order valence-electron chi connectivity index (χ4n) is 3.25. The first-order valence-electron chi connectivity index (χ1n) is 9.24. The molecule has 3 N–H and O–H groups in total. The third-order valence-electron chi connectivity index (χ3n) is 4.81. The monoisotopic (exact) mass is 386 g/mol. The Hall–Kier alpha value is -2.93. The number of benzene rings is 2. The molecule has 2 aromatic rings. The molecule has 0 radical (unpaired) electrons. The molecule has 1 unspecified atom stereocenters. The van der Waals surface area contributed by atoms with E-state index in [9.17, 15) is 19.1 Å². The Kier molecular flexibility index (Phi) is 6.60. The number of ketones is 1. The maximum atomic E-state index is 13.0. The van der Waals surface area contributed by atoms with Crippen LogP contribution >= 0.6 is 0 Å². The van der Waals surface area contributed by atoms with Gasteiger partial charge in [0.05, 0.1) is 6.04 Å². The minimum absolute atomic E-state index is 0.00614. The summed E-state index contributed by atoms with van der Waals surface area (Å²) in [5.41, 5.74) is 0.365. The van der Waals surface area contributed by atoms with Gasteiger partial charge in [0.25, 0.3) is 5.91 Å². The van der Waals surface area contributed by atoms with Crippen molar-refractivity contribution in [3.63, 3.8) is 0 Å². The number of amides is 1. The average molecular weight is 386 g/mol. The molecule has 1 saturated heterocycles. The van der Waals surface area contributed by atoms with Crippen LogP contribution in [-0.2, 0) is 4.79 Å². The molecule has 7 heteroatoms. The van der Waals surface area contributed by atoms with Gasteiger partial charge in [-0.2, -0.15) is 0 Å². The Morgan fingerprint density at radius 2 is 1.75 bits per heavy atom. The molecule has 3 rings (SSSR count). The van der Waals surface area contributed by atoms with Crippen molar-refractivity contribution in [2.75, 3.05) is 19.7 Å². The molecule has 1 fully saturated rings. The number of phenols is 1. The molecule has 1 atom stereocenters. The maximum Gasteiger partial charge on any atom is 0.251 e. The highest BCUT2D eigenvalue weighted by Crippen LogP contribution is 2.19. The highest BCUT2D eigenvalue weighted by atomic mass is 19.1. The Balaban J connectivity index is 1.68. The number of rotatable bonds is 7. The van der Waals surface area contributed by atoms with Crippen LogP contribution in [0, 0.1) is 11.7 Å². The van der Waals surface area contributed by atoms with Gasteiger partial charge in [0, 0.05) is 5.56 Å². The van der Waals surface area contributed by atoms with Crippen LogP contribution < -0.4 is 15.4 Å². The third-order valence-corrected chi connectivity index (χ3v) is 4.81. The normalized spacial score (nSPS) is 15.6. The van der Waals surface area contributed by atoms with E-state index in [0.717, 1.165) is 25.9 Å². The second kappa shape index (κ2) is 9.32. The minimum atomic E-state index is -0.677. The van der Waals surface area contributed by atoms with Gasteiger partial charge in [-0.15, -0.1) is 0 Å². The van der Waals surface area contributed by atoms with Gasteiger partial charge < -0.3 is 20.5 Å². The van der Waals surface area contributed by atoms with Gasteiger partial charge in [-0.3, -0.25) is 9.59 Å². The summed E-state index contributed by atoms with van der Waals surface area (Å²) >= 11 is 0. The zero-order valence-corrected chi connectivity index (χ0v) is 15.4. The molecule has 0 saturated carbocycles. The summed E-state index contributed by atoms with van der Waals surface area (Å²) in [6, 6.07) is 10.6. The first-order valence-corrected chi connectivity index (χ1v) is 9.24. The molecular formula is C21H23FN2O4. The molecule has 0 spiro atoms. The van der Waals surface area contributed by atoms with Crippen LogP contribution in [0.1, 0.15) is 23.2 Å². The van der Waals surface area contributed by atoms with Crippen molar-refractivity contribution >= 4 is 11.7 Å². The summed E-state index contributed by atoms with van der Waals surface area (Å²) in [6.07, 6.45) is 1.53. The lowest BCUT2D eigenvalue weighted by molar-refractivity contribution is -0.124. The minimum Gasteiger partial charge on any atom is -0.508 e. The van der Waals surface area contributed by atoms with Gasteiger partial charge in [0.15, 0.2) is 5.78 Å². The van der Waals surface area contributed by atoms with Crippen LogP contribution in [0.4, 0.5) is 4.39 Å². The van der Waals surface area contributed by atoms with E-state index >= 15 is 0 Å². The van der Waals surface area contributed by atoms with Gasteiger partial charge in [0.1, 0.15) is 23.9 Å². The number of halogens is 1. The van der Waals surface area contributed by atoms with Crippen LogP contribution in [0.25, 0.3) is 0 Å². The highest BCUT2D eigenvalue weighted by molar-refractivity contribution is 5.98. The Morgan fingerprint density at radius 3 is 2.39 bits per heavy atom. The summed E-state index contributed by atoms with van der Waals surface area (Å²) in [5.74, 6) is -0.528. The van der Waals surface area contributed by atoms with Gasteiger partial charge in [-0.25, -0.2) is 4.39 Å². The van der Waals surface area contributed by atoms with Crippen molar-refractivity contribution in [3.8, 4) is 11.5 Å². The second-order valence-electron chi connectivity index (χ2n) is 6.79. The number of ether oxygens (including phenoxy) is 1. The van der Waals surface area contributed by atoms with Crippen LogP contribution in [0.15, 0.2) is 48.5 Å². The number of phenolic OH excluding ortho intramolecular Hbond substituents is 1. The number of Topliss-reactive ketones (excluding diaryl/α,β-unsaturated/α-hetero) is 1. The summed E-state index contributed by atoms with van der Waals surface area (Å²) < 4.78 is 18.5. The number of carbonyl (C=O) groups is 2. The maximum absolute atomic E-state index is 13.0. The van der Waals surface area contributed by atoms with E-state index in [1.807, 2.05) is 0 Å². The quantitative estimate of drug-likeness (QED) is 0.680. The number of hydrogen-bond donors (Lipinski definition) is 3. The van der Waals surface area contributed by atoms with Crippen molar-refractivity contribution in [2.24, 2.45) is 5.92 Å². The predicted molar refractivity (Wildman–Crippen MR) is 102 cm³/mol. The lowest BCUT2D eigenvalue weighted by Crippen LogP contribution is -2.50. The van der Waals surface area contributed by atoms with E-state index in [4.69, 9.17) is 4.74 Å². The van der Waals surface area contributed by atoms with E-state index in [1.54, 1.807) is 0 Å². The standard InChI is InChI=1S/C21H23FN2O4/c22-16-3-7-18(8-4-16)28-13-19(26)20(14-9-11-23-12-10-14)24-21(27)15-1-5-17(25)6-2-15/h1-8,14,20,23,25H,9-13H2,(H,24,27). The van der Waals surface area contributed by atoms with E-state index in [1.165, 1.54) is 48.5 Å². The average Bonchev–Trinajstić information content (AvgIpc) is 2.72. The molecule has 1 amide bonds. The van der Waals surface area contributed by atoms with Crippen LogP contribution in [-0.4, -0.2) is 42.5 Å². The molecule has 28 heavy (non-hydrogen) atoms. The van der Waals surface area contributed by atoms with Crippen LogP contribution in [0.5, 0.6) is 11.5 Å². The first-order chi connectivity index (χ1) is 13.5. The number of aromatic hydroxyl groups is 1. The smallest absolute Gasteiger partial charge is 0.251 e. The molecule has 148 valence electrons. The molecule has 0 aromatic heterocycles. The third kappa shape index (κ3) is 5.29. The summed E-state index contributed by atoms with van der Waals surface area (Å²) in [6.45, 7) is 1.35. The van der Waals surface area contributed by atoms with E-state index in [2.05, 4.69) is 10.6 Å². The van der Waals surface area contributed by atoms with E-state index in [-0.39, 0.29) is 35.8 Å². The van der Waals surface area contributed by atoms with E-state index in [0.29, 0.717) is 11.3 Å². The molecule has 0 aliphatic carbocycles. The van der Waals surface area contributed by atoms with Crippen molar-refractivity contribution in [1.29, 1.82) is 0 Å². The zero-order chi connectivity index (χ0) is 19.9. The Labute approximate surface area is 162 Å². The van der Waals surface area contributed by atoms with Crippen LogP contribution in [0.2, 0.25) is 0 Å². The molecule has 2 aromatic carbocycles. The predicted octanol–water partition coefficient (Wildman–Crippen LogP) is 2.28. The Morgan fingerprint density at radius 1 is 1.11 bits per heavy atom.